The topological polar surface area (TPSA) is 63.5 Å². The Morgan fingerprint density at radius 1 is 1.15 bits per heavy atom. The van der Waals surface area contributed by atoms with Gasteiger partial charge in [0.05, 0.1) is 5.56 Å². The molecule has 2 saturated heterocycles. The number of alkyl halides is 3. The van der Waals surface area contributed by atoms with Crippen LogP contribution in [-0.2, 0) is 18.0 Å². The van der Waals surface area contributed by atoms with E-state index in [0.29, 0.717) is 24.7 Å². The summed E-state index contributed by atoms with van der Waals surface area (Å²) in [6, 6.07) is 2.96. The van der Waals surface area contributed by atoms with E-state index in [9.17, 15) is 22.4 Å². The van der Waals surface area contributed by atoms with E-state index < -0.39 is 23.2 Å². The van der Waals surface area contributed by atoms with Crippen molar-refractivity contribution >= 4 is 17.9 Å². The molecule has 1 amide bonds. The van der Waals surface area contributed by atoms with E-state index >= 15 is 0 Å². The molecule has 2 aromatic rings. The van der Waals surface area contributed by atoms with Gasteiger partial charge in [-0.05, 0) is 95.0 Å². The summed E-state index contributed by atoms with van der Waals surface area (Å²) in [5, 5.41) is 9.77. The highest BCUT2D eigenvalue weighted by atomic mass is 32.2. The van der Waals surface area contributed by atoms with E-state index in [4.69, 9.17) is 4.74 Å². The number of hydrogen-bond donors (Lipinski definition) is 0. The summed E-state index contributed by atoms with van der Waals surface area (Å²) in [5.41, 5.74) is -1.03. The smallest absolute Gasteiger partial charge is 0.416 e. The summed E-state index contributed by atoms with van der Waals surface area (Å²) >= 11 is 1.68. The van der Waals surface area contributed by atoms with Gasteiger partial charge < -0.3 is 19.1 Å². The van der Waals surface area contributed by atoms with Gasteiger partial charge in [0.2, 0.25) is 0 Å². The molecule has 3 heterocycles. The summed E-state index contributed by atoms with van der Waals surface area (Å²) in [6.45, 7) is 9.60. The van der Waals surface area contributed by atoms with E-state index in [0.717, 1.165) is 74.5 Å². The number of benzene rings is 1. The van der Waals surface area contributed by atoms with Crippen LogP contribution in [0.1, 0.15) is 81.7 Å². The second kappa shape index (κ2) is 11.4. The molecule has 0 radical (unpaired) electrons. The number of aromatic nitrogens is 3. The Kier molecular flexibility index (Phi) is 8.37. The molecule has 1 aromatic carbocycles. The number of nitrogens with zero attached hydrogens (tertiary/aromatic N) is 5. The van der Waals surface area contributed by atoms with E-state index in [2.05, 4.69) is 19.7 Å². The summed E-state index contributed by atoms with van der Waals surface area (Å²) < 4.78 is 60.8. The molecule has 12 heteroatoms. The molecule has 0 unspecified atom stereocenters. The molecule has 7 nitrogen and oxygen atoms in total. The SMILES string of the molecule is Cn1c(SCCCN2CC[C@@]3(C[C@H]3c3ccc(C(F)(F)F)cc3F)C2)nnc1C1CCN(C(=O)OC(C)(C)C)CC1. The van der Waals surface area contributed by atoms with E-state index in [1.54, 1.807) is 16.7 Å². The maximum Gasteiger partial charge on any atom is 0.416 e. The Bertz CT molecular complexity index is 1250. The van der Waals surface area contributed by atoms with Crippen molar-refractivity contribution in [1.82, 2.24) is 24.6 Å². The third-order valence-electron chi connectivity index (χ3n) is 8.59. The van der Waals surface area contributed by atoms with Crippen LogP contribution in [0.15, 0.2) is 23.4 Å². The minimum absolute atomic E-state index is 0.00257. The van der Waals surface area contributed by atoms with Crippen LogP contribution in [0, 0.1) is 11.2 Å². The number of amides is 1. The monoisotopic (exact) mass is 597 g/mol. The molecule has 0 N–H and O–H groups in total. The standard InChI is InChI=1S/C29H39F4N5O2S/c1-27(2,3)40-26(39)38-12-8-19(9-13-38)24-34-35-25(36(24)4)41-15-5-11-37-14-10-28(18-37)17-22(28)21-7-6-20(16-23(21)30)29(31,32)33/h6-7,16,19,22H,5,8-15,17-18H2,1-4H3/t22-,28+/m0/s1. The Morgan fingerprint density at radius 2 is 1.88 bits per heavy atom. The molecule has 3 fully saturated rings. The molecule has 41 heavy (non-hydrogen) atoms. The number of rotatable bonds is 7. The van der Waals surface area contributed by atoms with Crippen LogP contribution in [-0.4, -0.2) is 74.7 Å². The van der Waals surface area contributed by atoms with Gasteiger partial charge in [0.1, 0.15) is 17.2 Å². The summed E-state index contributed by atoms with van der Waals surface area (Å²) in [7, 11) is 2.00. The number of thioether (sulfide) groups is 1. The average molecular weight is 598 g/mol. The van der Waals surface area contributed by atoms with Crippen molar-refractivity contribution in [1.29, 1.82) is 0 Å². The van der Waals surface area contributed by atoms with Crippen LogP contribution in [0.4, 0.5) is 22.4 Å². The van der Waals surface area contributed by atoms with Crippen molar-refractivity contribution in [3.8, 4) is 0 Å². The van der Waals surface area contributed by atoms with Gasteiger partial charge in [0.25, 0.3) is 0 Å². The minimum atomic E-state index is -4.53. The fourth-order valence-corrected chi connectivity index (χ4v) is 7.15. The van der Waals surface area contributed by atoms with Crippen LogP contribution in [0.25, 0.3) is 0 Å². The Labute approximate surface area is 243 Å². The lowest BCUT2D eigenvalue weighted by Gasteiger charge is -2.33. The van der Waals surface area contributed by atoms with Gasteiger partial charge in [-0.3, -0.25) is 0 Å². The van der Waals surface area contributed by atoms with Crippen LogP contribution in [0.3, 0.4) is 0 Å². The van der Waals surface area contributed by atoms with E-state index in [-0.39, 0.29) is 23.3 Å². The number of halogens is 4. The highest BCUT2D eigenvalue weighted by Gasteiger charge is 2.58. The van der Waals surface area contributed by atoms with Crippen molar-refractivity contribution in [3.63, 3.8) is 0 Å². The number of carbonyl (C=O) groups excluding carboxylic acids is 1. The fourth-order valence-electron chi connectivity index (χ4n) is 6.31. The molecule has 0 bridgehead atoms. The first-order valence-corrected chi connectivity index (χ1v) is 15.3. The Morgan fingerprint density at radius 3 is 2.54 bits per heavy atom. The first-order valence-electron chi connectivity index (χ1n) is 14.3. The third kappa shape index (κ3) is 6.84. The lowest BCUT2D eigenvalue weighted by atomic mass is 9.96. The summed E-state index contributed by atoms with van der Waals surface area (Å²) in [6.07, 6.45) is -0.400. The molecule has 1 saturated carbocycles. The summed E-state index contributed by atoms with van der Waals surface area (Å²) in [5.74, 6) is 1.35. The molecular weight excluding hydrogens is 558 g/mol. The van der Waals surface area contributed by atoms with Gasteiger partial charge in [-0.1, -0.05) is 17.8 Å². The van der Waals surface area contributed by atoms with E-state index in [1.807, 2.05) is 27.8 Å². The zero-order valence-corrected chi connectivity index (χ0v) is 25.0. The zero-order valence-electron chi connectivity index (χ0n) is 24.1. The van der Waals surface area contributed by atoms with E-state index in [1.165, 1.54) is 6.07 Å². The third-order valence-corrected chi connectivity index (χ3v) is 9.69. The highest BCUT2D eigenvalue weighted by Crippen LogP contribution is 2.64. The van der Waals surface area contributed by atoms with Gasteiger partial charge in [-0.2, -0.15) is 13.2 Å². The van der Waals surface area contributed by atoms with Crippen molar-refractivity contribution < 1.29 is 27.1 Å². The molecule has 1 aromatic heterocycles. The molecule has 1 aliphatic carbocycles. The molecule has 1 spiro atoms. The molecule has 5 rings (SSSR count). The first kappa shape index (κ1) is 30.1. The number of likely N-dealkylation sites (tertiary alicyclic amines) is 2. The fraction of sp³-hybridized carbons (Fsp3) is 0.690. The number of piperidine rings is 1. The van der Waals surface area contributed by atoms with Crippen LogP contribution in [0.5, 0.6) is 0 Å². The van der Waals surface area contributed by atoms with Gasteiger partial charge >= 0.3 is 12.3 Å². The lowest BCUT2D eigenvalue weighted by molar-refractivity contribution is -0.137. The average Bonchev–Trinajstić information content (AvgIpc) is 3.22. The van der Waals surface area contributed by atoms with Gasteiger partial charge in [0.15, 0.2) is 5.16 Å². The maximum absolute atomic E-state index is 14.5. The maximum atomic E-state index is 14.5. The van der Waals surface area contributed by atoms with Crippen LogP contribution in [0.2, 0.25) is 0 Å². The summed E-state index contributed by atoms with van der Waals surface area (Å²) in [4.78, 5) is 16.5. The quantitative estimate of drug-likeness (QED) is 0.208. The number of ether oxygens (including phenoxy) is 1. The Hall–Kier alpha value is -2.34. The molecule has 2 aliphatic heterocycles. The van der Waals surface area contributed by atoms with Gasteiger partial charge in [0, 0.05) is 38.4 Å². The highest BCUT2D eigenvalue weighted by molar-refractivity contribution is 7.99. The van der Waals surface area contributed by atoms with Crippen molar-refractivity contribution in [2.45, 2.75) is 81.6 Å². The predicted octanol–water partition coefficient (Wildman–Crippen LogP) is 6.45. The first-order chi connectivity index (χ1) is 19.3. The normalized spacial score (nSPS) is 23.9. The zero-order chi connectivity index (χ0) is 29.6. The van der Waals surface area contributed by atoms with Gasteiger partial charge in [-0.25, -0.2) is 9.18 Å². The van der Waals surface area contributed by atoms with Crippen LogP contribution < -0.4 is 0 Å². The number of carbonyl (C=O) groups is 1. The Balaban J connectivity index is 1.05. The largest absolute Gasteiger partial charge is 0.444 e. The van der Waals surface area contributed by atoms with Gasteiger partial charge in [-0.15, -0.1) is 10.2 Å². The number of hydrogen-bond acceptors (Lipinski definition) is 6. The molecule has 226 valence electrons. The second-order valence-electron chi connectivity index (χ2n) is 12.7. The van der Waals surface area contributed by atoms with Crippen molar-refractivity contribution in [2.24, 2.45) is 12.5 Å². The minimum Gasteiger partial charge on any atom is -0.444 e. The van der Waals surface area contributed by atoms with Crippen molar-refractivity contribution in [2.75, 3.05) is 38.5 Å². The predicted molar refractivity (Wildman–Crippen MR) is 148 cm³/mol. The lowest BCUT2D eigenvalue weighted by Crippen LogP contribution is -2.41. The molecule has 3 aliphatic rings. The van der Waals surface area contributed by atoms with Crippen molar-refractivity contribution in [3.05, 3.63) is 41.0 Å². The second-order valence-corrected chi connectivity index (χ2v) is 13.8. The molecular formula is C29H39F4N5O2S. The molecule has 2 atom stereocenters. The van der Waals surface area contributed by atoms with Crippen LogP contribution >= 0.6 is 11.8 Å².